The van der Waals surface area contributed by atoms with E-state index in [2.05, 4.69) is 10.3 Å². The van der Waals surface area contributed by atoms with E-state index in [9.17, 15) is 4.79 Å². The Balaban J connectivity index is 2.03. The van der Waals surface area contributed by atoms with Crippen LogP contribution in [0.5, 0.6) is 0 Å². The van der Waals surface area contributed by atoms with Crippen molar-refractivity contribution >= 4 is 17.5 Å². The Morgan fingerprint density at radius 3 is 2.95 bits per heavy atom. The van der Waals surface area contributed by atoms with Crippen LogP contribution in [0.15, 0.2) is 12.3 Å². The Morgan fingerprint density at radius 1 is 1.53 bits per heavy atom. The zero-order valence-corrected chi connectivity index (χ0v) is 11.3. The summed E-state index contributed by atoms with van der Waals surface area (Å²) < 4.78 is 4.97. The fourth-order valence-corrected chi connectivity index (χ4v) is 2.46. The lowest BCUT2D eigenvalue weighted by Crippen LogP contribution is -2.15. The van der Waals surface area contributed by atoms with Gasteiger partial charge in [0.2, 0.25) is 0 Å². The number of hydrogen-bond donors (Lipinski definition) is 2. The van der Waals surface area contributed by atoms with Gasteiger partial charge in [-0.2, -0.15) is 0 Å². The monoisotopic (exact) mass is 263 g/mol. The van der Waals surface area contributed by atoms with Crippen molar-refractivity contribution < 1.29 is 9.53 Å². The normalized spacial score (nSPS) is 15.4. The van der Waals surface area contributed by atoms with Crippen molar-refractivity contribution in [2.75, 3.05) is 24.2 Å². The SMILES string of the molecule is CCOC(=O)c1ccnc(NCC2CCCC2)c1N. The number of nitrogens with one attached hydrogen (secondary N) is 1. The topological polar surface area (TPSA) is 77.2 Å². The summed E-state index contributed by atoms with van der Waals surface area (Å²) in [5.74, 6) is 0.871. The number of carbonyl (C=O) groups is 1. The van der Waals surface area contributed by atoms with Crippen LogP contribution in [0.4, 0.5) is 11.5 Å². The molecule has 0 bridgehead atoms. The van der Waals surface area contributed by atoms with Gasteiger partial charge in [0.25, 0.3) is 0 Å². The Morgan fingerprint density at radius 2 is 2.26 bits per heavy atom. The van der Waals surface area contributed by atoms with Gasteiger partial charge in [0.1, 0.15) is 5.82 Å². The largest absolute Gasteiger partial charge is 0.462 e. The van der Waals surface area contributed by atoms with E-state index in [0.29, 0.717) is 29.6 Å². The molecule has 0 spiro atoms. The highest BCUT2D eigenvalue weighted by molar-refractivity contribution is 5.97. The molecule has 0 radical (unpaired) electrons. The van der Waals surface area contributed by atoms with Gasteiger partial charge in [-0.05, 0) is 31.7 Å². The minimum absolute atomic E-state index is 0.339. The molecule has 1 aromatic heterocycles. The molecule has 0 aliphatic heterocycles. The molecule has 1 heterocycles. The third-order valence-corrected chi connectivity index (χ3v) is 3.52. The van der Waals surface area contributed by atoms with Gasteiger partial charge in [0, 0.05) is 12.7 Å². The summed E-state index contributed by atoms with van der Waals surface area (Å²) in [6, 6.07) is 1.59. The highest BCUT2D eigenvalue weighted by Crippen LogP contribution is 2.26. The third-order valence-electron chi connectivity index (χ3n) is 3.52. The van der Waals surface area contributed by atoms with Gasteiger partial charge in [-0.25, -0.2) is 9.78 Å². The van der Waals surface area contributed by atoms with Crippen molar-refractivity contribution in [3.63, 3.8) is 0 Å². The summed E-state index contributed by atoms with van der Waals surface area (Å²) in [6.07, 6.45) is 6.70. The molecule has 0 aromatic carbocycles. The Hall–Kier alpha value is -1.78. The second-order valence-electron chi connectivity index (χ2n) is 4.87. The van der Waals surface area contributed by atoms with E-state index in [4.69, 9.17) is 10.5 Å². The van der Waals surface area contributed by atoms with Gasteiger partial charge in [-0.15, -0.1) is 0 Å². The molecule has 1 aliphatic carbocycles. The quantitative estimate of drug-likeness (QED) is 0.798. The molecule has 2 rings (SSSR count). The Labute approximate surface area is 113 Å². The first kappa shape index (κ1) is 13.6. The van der Waals surface area contributed by atoms with Gasteiger partial charge in [0.05, 0.1) is 17.9 Å². The average Bonchev–Trinajstić information content (AvgIpc) is 2.91. The molecule has 19 heavy (non-hydrogen) atoms. The molecule has 5 nitrogen and oxygen atoms in total. The van der Waals surface area contributed by atoms with Gasteiger partial charge >= 0.3 is 5.97 Å². The molecule has 104 valence electrons. The maximum absolute atomic E-state index is 11.7. The summed E-state index contributed by atoms with van der Waals surface area (Å²) in [4.78, 5) is 15.9. The van der Waals surface area contributed by atoms with E-state index in [-0.39, 0.29) is 0 Å². The van der Waals surface area contributed by atoms with Crippen LogP contribution in [-0.2, 0) is 4.74 Å². The van der Waals surface area contributed by atoms with Crippen molar-refractivity contribution in [2.45, 2.75) is 32.6 Å². The lowest BCUT2D eigenvalue weighted by molar-refractivity contribution is 0.0527. The number of aromatic nitrogens is 1. The zero-order valence-electron chi connectivity index (χ0n) is 11.3. The summed E-state index contributed by atoms with van der Waals surface area (Å²) in [7, 11) is 0. The number of pyridine rings is 1. The van der Waals surface area contributed by atoms with Gasteiger partial charge in [-0.3, -0.25) is 0 Å². The number of nitrogens with zero attached hydrogens (tertiary/aromatic N) is 1. The Bertz CT molecular complexity index is 442. The van der Waals surface area contributed by atoms with E-state index >= 15 is 0 Å². The lowest BCUT2D eigenvalue weighted by Gasteiger charge is -2.14. The molecule has 1 saturated carbocycles. The van der Waals surface area contributed by atoms with Crippen LogP contribution < -0.4 is 11.1 Å². The van der Waals surface area contributed by atoms with Crippen LogP contribution in [0.25, 0.3) is 0 Å². The van der Waals surface area contributed by atoms with Gasteiger partial charge in [0.15, 0.2) is 0 Å². The van der Waals surface area contributed by atoms with Crippen LogP contribution in [0.1, 0.15) is 43.0 Å². The summed E-state index contributed by atoms with van der Waals surface area (Å²) in [5.41, 5.74) is 6.73. The molecule has 0 atom stereocenters. The number of anilines is 2. The molecule has 1 aliphatic rings. The number of nitrogens with two attached hydrogens (primary N) is 1. The molecule has 0 unspecified atom stereocenters. The second kappa shape index (κ2) is 6.41. The van der Waals surface area contributed by atoms with E-state index < -0.39 is 5.97 Å². The highest BCUT2D eigenvalue weighted by atomic mass is 16.5. The van der Waals surface area contributed by atoms with Crippen molar-refractivity contribution in [3.8, 4) is 0 Å². The molecule has 1 aromatic rings. The van der Waals surface area contributed by atoms with Crippen LogP contribution in [0, 0.1) is 5.92 Å². The zero-order chi connectivity index (χ0) is 13.7. The maximum Gasteiger partial charge on any atom is 0.340 e. The van der Waals surface area contributed by atoms with Crippen molar-refractivity contribution in [2.24, 2.45) is 5.92 Å². The van der Waals surface area contributed by atoms with Crippen molar-refractivity contribution in [1.29, 1.82) is 0 Å². The Kier molecular flexibility index (Phi) is 4.60. The number of ether oxygens (including phenoxy) is 1. The standard InChI is InChI=1S/C14H21N3O2/c1-2-19-14(18)11-7-8-16-13(12(11)15)17-9-10-5-3-4-6-10/h7-8,10H,2-6,9,15H2,1H3,(H,16,17). The van der Waals surface area contributed by atoms with Crippen LogP contribution in [-0.4, -0.2) is 24.1 Å². The molecule has 1 fully saturated rings. The first-order valence-electron chi connectivity index (χ1n) is 6.87. The molecule has 5 heteroatoms. The number of hydrogen-bond acceptors (Lipinski definition) is 5. The van der Waals surface area contributed by atoms with Crippen LogP contribution in [0.3, 0.4) is 0 Å². The number of esters is 1. The van der Waals surface area contributed by atoms with Crippen molar-refractivity contribution in [1.82, 2.24) is 4.98 Å². The predicted octanol–water partition coefficient (Wildman–Crippen LogP) is 2.44. The van der Waals surface area contributed by atoms with Crippen LogP contribution in [0.2, 0.25) is 0 Å². The van der Waals surface area contributed by atoms with E-state index in [1.807, 2.05) is 0 Å². The van der Waals surface area contributed by atoms with Gasteiger partial charge in [-0.1, -0.05) is 12.8 Å². The maximum atomic E-state index is 11.7. The van der Waals surface area contributed by atoms with E-state index in [0.717, 1.165) is 6.54 Å². The minimum atomic E-state index is -0.397. The smallest absolute Gasteiger partial charge is 0.340 e. The number of carbonyl (C=O) groups excluding carboxylic acids is 1. The fraction of sp³-hybridized carbons (Fsp3) is 0.571. The van der Waals surface area contributed by atoms with Crippen LogP contribution >= 0.6 is 0 Å². The van der Waals surface area contributed by atoms with Gasteiger partial charge < -0.3 is 15.8 Å². The summed E-state index contributed by atoms with van der Waals surface area (Å²) in [6.45, 7) is 2.98. The van der Waals surface area contributed by atoms with E-state index in [1.54, 1.807) is 19.2 Å². The predicted molar refractivity (Wildman–Crippen MR) is 75.1 cm³/mol. The lowest BCUT2D eigenvalue weighted by atomic mass is 10.1. The number of rotatable bonds is 5. The number of nitrogen functional groups attached to an aromatic ring is 1. The second-order valence-corrected chi connectivity index (χ2v) is 4.87. The molecule has 0 amide bonds. The minimum Gasteiger partial charge on any atom is -0.462 e. The molecular weight excluding hydrogens is 242 g/mol. The molecular formula is C14H21N3O2. The summed E-state index contributed by atoms with van der Waals surface area (Å²) >= 11 is 0. The van der Waals surface area contributed by atoms with E-state index in [1.165, 1.54) is 25.7 Å². The molecule has 0 saturated heterocycles. The third kappa shape index (κ3) is 3.36. The molecule has 3 N–H and O–H groups in total. The fourth-order valence-electron chi connectivity index (χ4n) is 2.46. The first-order valence-corrected chi connectivity index (χ1v) is 6.87. The summed E-state index contributed by atoms with van der Waals surface area (Å²) in [5, 5.41) is 3.25. The van der Waals surface area contributed by atoms with Crippen molar-refractivity contribution in [3.05, 3.63) is 17.8 Å². The average molecular weight is 263 g/mol. The first-order chi connectivity index (χ1) is 9.22. The highest BCUT2D eigenvalue weighted by Gasteiger charge is 2.17.